The quantitative estimate of drug-likeness (QED) is 0.722. The van der Waals surface area contributed by atoms with Gasteiger partial charge in [-0.3, -0.25) is 0 Å². The van der Waals surface area contributed by atoms with Gasteiger partial charge in [0.05, 0.1) is 6.61 Å². The summed E-state index contributed by atoms with van der Waals surface area (Å²) in [6.45, 7) is 10.4. The zero-order valence-electron chi connectivity index (χ0n) is 11.5. The van der Waals surface area contributed by atoms with Crippen molar-refractivity contribution >= 4 is 0 Å². The summed E-state index contributed by atoms with van der Waals surface area (Å²) in [6.07, 6.45) is 7.09. The Hall–Kier alpha value is -0.0800. The molecule has 1 heterocycles. The molecule has 0 aromatic heterocycles. The third-order valence-corrected chi connectivity index (χ3v) is 4.51. The van der Waals surface area contributed by atoms with E-state index >= 15 is 0 Å². The Bertz CT molecular complexity index is 201. The van der Waals surface area contributed by atoms with Crippen molar-refractivity contribution in [1.29, 1.82) is 0 Å². The molecule has 1 saturated heterocycles. The number of aliphatic hydroxyl groups is 1. The Morgan fingerprint density at radius 3 is 1.88 bits per heavy atom. The van der Waals surface area contributed by atoms with Gasteiger partial charge in [-0.2, -0.15) is 0 Å². The molecule has 0 radical (unpaired) electrons. The Morgan fingerprint density at radius 1 is 1.19 bits per heavy atom. The molecular weight excluding hydrogens is 198 g/mol. The first-order valence-electron chi connectivity index (χ1n) is 6.73. The van der Waals surface area contributed by atoms with Crippen LogP contribution < -0.4 is 5.32 Å². The Kier molecular flexibility index (Phi) is 4.81. The molecule has 0 aromatic rings. The summed E-state index contributed by atoms with van der Waals surface area (Å²) in [5, 5.41) is 12.4. The lowest BCUT2D eigenvalue weighted by molar-refractivity contribution is 0.125. The normalized spacial score (nSPS) is 33.9. The van der Waals surface area contributed by atoms with Crippen LogP contribution in [0.3, 0.4) is 0 Å². The van der Waals surface area contributed by atoms with E-state index in [-0.39, 0.29) is 6.61 Å². The van der Waals surface area contributed by atoms with Crippen LogP contribution >= 0.6 is 0 Å². The molecule has 96 valence electrons. The zero-order valence-corrected chi connectivity index (χ0v) is 11.5. The van der Waals surface area contributed by atoms with Crippen LogP contribution in [-0.2, 0) is 0 Å². The van der Waals surface area contributed by atoms with Crippen LogP contribution in [0.4, 0.5) is 0 Å². The topological polar surface area (TPSA) is 32.3 Å². The van der Waals surface area contributed by atoms with Crippen molar-refractivity contribution in [1.82, 2.24) is 5.32 Å². The summed E-state index contributed by atoms with van der Waals surface area (Å²) in [4.78, 5) is 0. The second-order valence-electron chi connectivity index (χ2n) is 6.69. The summed E-state index contributed by atoms with van der Waals surface area (Å²) < 4.78 is 0. The van der Waals surface area contributed by atoms with Crippen LogP contribution in [-0.4, -0.2) is 24.3 Å². The third kappa shape index (κ3) is 3.46. The smallest absolute Gasteiger partial charge is 0.0584 e. The van der Waals surface area contributed by atoms with Crippen molar-refractivity contribution in [2.45, 2.75) is 65.8 Å². The molecule has 1 aliphatic carbocycles. The molecule has 2 fully saturated rings. The zero-order chi connectivity index (χ0) is 12.2. The van der Waals surface area contributed by atoms with Crippen LogP contribution in [0.5, 0.6) is 0 Å². The molecule has 1 aliphatic heterocycles. The molecule has 0 bridgehead atoms. The lowest BCUT2D eigenvalue weighted by Gasteiger charge is -2.38. The van der Waals surface area contributed by atoms with E-state index in [1.54, 1.807) is 0 Å². The molecule has 0 spiro atoms. The van der Waals surface area contributed by atoms with Crippen LogP contribution in [0.2, 0.25) is 0 Å². The van der Waals surface area contributed by atoms with Crippen LogP contribution in [0.15, 0.2) is 0 Å². The van der Waals surface area contributed by atoms with Gasteiger partial charge in [-0.25, -0.2) is 0 Å². The van der Waals surface area contributed by atoms with Crippen LogP contribution in [0, 0.1) is 10.8 Å². The van der Waals surface area contributed by atoms with Gasteiger partial charge in [0.25, 0.3) is 0 Å². The Morgan fingerprint density at radius 2 is 1.69 bits per heavy atom. The Balaban J connectivity index is 0.000000267. The number of hydrogen-bond donors (Lipinski definition) is 2. The fourth-order valence-electron chi connectivity index (χ4n) is 2.01. The standard InChI is InChI=1S/C10H21NO.C4H8/c1-9(2,3)10(4)5-8(6-12)11-7-10;1-2-4-3-1/h8,11-12H,5-7H2,1-4H3;1-4H2. The number of rotatable bonds is 1. The molecule has 2 unspecified atom stereocenters. The molecule has 16 heavy (non-hydrogen) atoms. The van der Waals surface area contributed by atoms with Gasteiger partial charge in [0, 0.05) is 12.6 Å². The predicted octanol–water partition coefficient (Wildman–Crippen LogP) is 2.95. The minimum atomic E-state index is 0.270. The van der Waals surface area contributed by atoms with Crippen molar-refractivity contribution in [3.05, 3.63) is 0 Å². The van der Waals surface area contributed by atoms with E-state index in [4.69, 9.17) is 5.11 Å². The van der Waals surface area contributed by atoms with Gasteiger partial charge < -0.3 is 10.4 Å². The fourth-order valence-corrected chi connectivity index (χ4v) is 2.01. The van der Waals surface area contributed by atoms with Crippen molar-refractivity contribution in [2.24, 2.45) is 10.8 Å². The SMILES string of the molecule is C1CCC1.CC(C)(C)C1(C)CNC(CO)C1. The van der Waals surface area contributed by atoms with Gasteiger partial charge >= 0.3 is 0 Å². The van der Waals surface area contributed by atoms with E-state index in [9.17, 15) is 0 Å². The molecule has 1 saturated carbocycles. The van der Waals surface area contributed by atoms with E-state index in [0.29, 0.717) is 16.9 Å². The highest BCUT2D eigenvalue weighted by molar-refractivity contribution is 4.97. The van der Waals surface area contributed by atoms with E-state index < -0.39 is 0 Å². The van der Waals surface area contributed by atoms with Crippen molar-refractivity contribution in [3.8, 4) is 0 Å². The predicted molar refractivity (Wildman–Crippen MR) is 69.5 cm³/mol. The number of hydrogen-bond acceptors (Lipinski definition) is 2. The largest absolute Gasteiger partial charge is 0.395 e. The molecule has 0 amide bonds. The monoisotopic (exact) mass is 227 g/mol. The van der Waals surface area contributed by atoms with Gasteiger partial charge in [-0.1, -0.05) is 53.4 Å². The average molecular weight is 227 g/mol. The molecule has 2 N–H and O–H groups in total. The molecule has 2 rings (SSSR count). The van der Waals surface area contributed by atoms with E-state index in [2.05, 4.69) is 33.0 Å². The van der Waals surface area contributed by atoms with Gasteiger partial charge in [0.2, 0.25) is 0 Å². The first-order valence-corrected chi connectivity index (χ1v) is 6.73. The number of nitrogens with one attached hydrogen (secondary N) is 1. The van der Waals surface area contributed by atoms with Gasteiger partial charge in [0.1, 0.15) is 0 Å². The van der Waals surface area contributed by atoms with E-state index in [0.717, 1.165) is 13.0 Å². The van der Waals surface area contributed by atoms with Crippen molar-refractivity contribution in [2.75, 3.05) is 13.2 Å². The highest BCUT2D eigenvalue weighted by Crippen LogP contribution is 2.44. The minimum absolute atomic E-state index is 0.270. The highest BCUT2D eigenvalue weighted by atomic mass is 16.3. The maximum Gasteiger partial charge on any atom is 0.0584 e. The molecule has 2 atom stereocenters. The second kappa shape index (κ2) is 5.50. The summed E-state index contributed by atoms with van der Waals surface area (Å²) in [5.41, 5.74) is 0.657. The van der Waals surface area contributed by atoms with Gasteiger partial charge in [-0.05, 0) is 17.3 Å². The van der Waals surface area contributed by atoms with Gasteiger partial charge in [0.15, 0.2) is 0 Å². The highest BCUT2D eigenvalue weighted by Gasteiger charge is 2.43. The average Bonchev–Trinajstić information content (AvgIpc) is 2.44. The first kappa shape index (κ1) is 14.0. The van der Waals surface area contributed by atoms with Crippen LogP contribution in [0.1, 0.15) is 59.8 Å². The molecule has 2 aliphatic rings. The first-order chi connectivity index (χ1) is 7.39. The molecular formula is C14H29NO. The maximum absolute atomic E-state index is 9.00. The minimum Gasteiger partial charge on any atom is -0.395 e. The number of aliphatic hydroxyl groups excluding tert-OH is 1. The lowest BCUT2D eigenvalue weighted by atomic mass is 9.67. The summed E-state index contributed by atoms with van der Waals surface area (Å²) in [5.74, 6) is 0. The second-order valence-corrected chi connectivity index (χ2v) is 6.69. The fraction of sp³-hybridized carbons (Fsp3) is 1.00. The summed E-state index contributed by atoms with van der Waals surface area (Å²) >= 11 is 0. The maximum atomic E-state index is 9.00. The van der Waals surface area contributed by atoms with Crippen molar-refractivity contribution < 1.29 is 5.11 Å². The third-order valence-electron chi connectivity index (χ3n) is 4.51. The summed E-state index contributed by atoms with van der Waals surface area (Å²) in [6, 6.07) is 0.314. The molecule has 0 aromatic carbocycles. The Labute approximate surface area is 101 Å². The van der Waals surface area contributed by atoms with E-state index in [1.807, 2.05) is 0 Å². The van der Waals surface area contributed by atoms with Crippen molar-refractivity contribution in [3.63, 3.8) is 0 Å². The van der Waals surface area contributed by atoms with Crippen LogP contribution in [0.25, 0.3) is 0 Å². The lowest BCUT2D eigenvalue weighted by Crippen LogP contribution is -2.34. The summed E-state index contributed by atoms with van der Waals surface area (Å²) in [7, 11) is 0. The molecule has 2 nitrogen and oxygen atoms in total. The van der Waals surface area contributed by atoms with Gasteiger partial charge in [-0.15, -0.1) is 0 Å². The molecule has 2 heteroatoms. The van der Waals surface area contributed by atoms with E-state index in [1.165, 1.54) is 25.7 Å².